The molecule has 108 valence electrons. The van der Waals surface area contributed by atoms with Crippen LogP contribution in [-0.4, -0.2) is 15.0 Å². The number of sulfonamides is 1. The molecule has 5 N–H and O–H groups in total. The van der Waals surface area contributed by atoms with Crippen molar-refractivity contribution in [1.29, 1.82) is 0 Å². The third-order valence-corrected chi connectivity index (χ3v) is 4.34. The molecule has 1 aromatic rings. The number of anilines is 2. The van der Waals surface area contributed by atoms with E-state index in [0.29, 0.717) is 23.8 Å². The van der Waals surface area contributed by atoms with E-state index in [1.165, 1.54) is 6.07 Å². The van der Waals surface area contributed by atoms with Crippen LogP contribution >= 0.6 is 0 Å². The lowest BCUT2D eigenvalue weighted by molar-refractivity contribution is 0.274. The molecular weight excluding hydrogens is 262 g/mol. The van der Waals surface area contributed by atoms with Gasteiger partial charge in [-0.15, -0.1) is 0 Å². The minimum Gasteiger partial charge on any atom is -0.399 e. The van der Waals surface area contributed by atoms with E-state index in [2.05, 4.69) is 33.0 Å². The summed E-state index contributed by atoms with van der Waals surface area (Å²) in [4.78, 5) is 0.0357. The topological polar surface area (TPSA) is 98.2 Å². The third kappa shape index (κ3) is 4.40. The van der Waals surface area contributed by atoms with Gasteiger partial charge in [-0.2, -0.15) is 0 Å². The second-order valence-electron chi connectivity index (χ2n) is 5.95. The molecule has 1 aromatic carbocycles. The van der Waals surface area contributed by atoms with Crippen LogP contribution in [0.5, 0.6) is 0 Å². The molecule has 0 spiro atoms. The van der Waals surface area contributed by atoms with E-state index in [4.69, 9.17) is 10.9 Å². The second-order valence-corrected chi connectivity index (χ2v) is 7.48. The van der Waals surface area contributed by atoms with Gasteiger partial charge in [0, 0.05) is 12.2 Å². The van der Waals surface area contributed by atoms with Gasteiger partial charge in [0.2, 0.25) is 10.0 Å². The van der Waals surface area contributed by atoms with Crippen LogP contribution in [0.15, 0.2) is 23.1 Å². The van der Waals surface area contributed by atoms with Gasteiger partial charge in [-0.05, 0) is 29.5 Å². The van der Waals surface area contributed by atoms with Gasteiger partial charge in [0.1, 0.15) is 4.90 Å². The highest BCUT2D eigenvalue weighted by atomic mass is 32.2. The van der Waals surface area contributed by atoms with Crippen LogP contribution in [0.3, 0.4) is 0 Å². The molecule has 0 aliphatic rings. The van der Waals surface area contributed by atoms with E-state index in [-0.39, 0.29) is 10.3 Å². The molecule has 0 aliphatic heterocycles. The summed E-state index contributed by atoms with van der Waals surface area (Å²) < 4.78 is 23.1. The SMILES string of the molecule is CC(CNc1ccc(N)cc1S(N)(=O)=O)C(C)(C)C. The minimum atomic E-state index is -3.78. The molecule has 5 nitrogen and oxygen atoms in total. The molecule has 0 heterocycles. The van der Waals surface area contributed by atoms with E-state index in [1.54, 1.807) is 12.1 Å². The molecule has 0 saturated carbocycles. The molecule has 1 atom stereocenters. The lowest BCUT2D eigenvalue weighted by Crippen LogP contribution is -2.25. The van der Waals surface area contributed by atoms with Crippen molar-refractivity contribution >= 4 is 21.4 Å². The van der Waals surface area contributed by atoms with Gasteiger partial charge in [-0.1, -0.05) is 27.7 Å². The van der Waals surface area contributed by atoms with Gasteiger partial charge in [0.05, 0.1) is 5.69 Å². The van der Waals surface area contributed by atoms with Crippen molar-refractivity contribution in [3.63, 3.8) is 0 Å². The minimum absolute atomic E-state index is 0.0357. The maximum atomic E-state index is 11.5. The van der Waals surface area contributed by atoms with Crippen LogP contribution < -0.4 is 16.2 Å². The molecule has 0 fully saturated rings. The first kappa shape index (κ1) is 15.8. The molecule has 0 amide bonds. The first-order valence-corrected chi connectivity index (χ1v) is 7.72. The summed E-state index contributed by atoms with van der Waals surface area (Å²) in [6.45, 7) is 9.20. The molecule has 19 heavy (non-hydrogen) atoms. The third-order valence-electron chi connectivity index (χ3n) is 3.39. The van der Waals surface area contributed by atoms with Gasteiger partial charge < -0.3 is 11.1 Å². The Hall–Kier alpha value is -1.27. The van der Waals surface area contributed by atoms with Crippen LogP contribution in [0.1, 0.15) is 27.7 Å². The first-order chi connectivity index (χ1) is 8.51. The summed E-state index contributed by atoms with van der Waals surface area (Å²) in [6.07, 6.45) is 0. The van der Waals surface area contributed by atoms with Crippen LogP contribution in [0, 0.1) is 11.3 Å². The van der Waals surface area contributed by atoms with Crippen molar-refractivity contribution in [2.24, 2.45) is 16.5 Å². The summed E-state index contributed by atoms with van der Waals surface area (Å²) in [5.74, 6) is 0.374. The summed E-state index contributed by atoms with van der Waals surface area (Å²) in [7, 11) is -3.78. The largest absolute Gasteiger partial charge is 0.399 e. The second kappa shape index (κ2) is 5.38. The van der Waals surface area contributed by atoms with Crippen molar-refractivity contribution in [2.75, 3.05) is 17.6 Å². The predicted octanol–water partition coefficient (Wildman–Crippen LogP) is 2.01. The fraction of sp³-hybridized carbons (Fsp3) is 0.538. The van der Waals surface area contributed by atoms with Crippen LogP contribution in [-0.2, 0) is 10.0 Å². The Kier molecular flexibility index (Phi) is 4.47. The van der Waals surface area contributed by atoms with E-state index in [1.807, 2.05) is 0 Å². The Morgan fingerprint density at radius 3 is 2.37 bits per heavy atom. The average molecular weight is 285 g/mol. The standard InChI is InChI=1S/C13H23N3O2S/c1-9(13(2,3)4)8-16-11-6-5-10(14)7-12(11)19(15,17)18/h5-7,9,16H,8,14H2,1-4H3,(H2,15,17,18). The van der Waals surface area contributed by atoms with Crippen molar-refractivity contribution in [2.45, 2.75) is 32.6 Å². The predicted molar refractivity (Wildman–Crippen MR) is 79.3 cm³/mol. The molecular formula is C13H23N3O2S. The molecule has 0 aromatic heterocycles. The molecule has 1 rings (SSSR count). The highest BCUT2D eigenvalue weighted by molar-refractivity contribution is 7.89. The van der Waals surface area contributed by atoms with Crippen molar-refractivity contribution in [3.05, 3.63) is 18.2 Å². The van der Waals surface area contributed by atoms with Crippen LogP contribution in [0.2, 0.25) is 0 Å². The maximum absolute atomic E-state index is 11.5. The number of nitrogens with one attached hydrogen (secondary N) is 1. The number of nitrogen functional groups attached to an aromatic ring is 1. The monoisotopic (exact) mass is 285 g/mol. The van der Waals surface area contributed by atoms with Crippen molar-refractivity contribution in [1.82, 2.24) is 0 Å². The van der Waals surface area contributed by atoms with Gasteiger partial charge >= 0.3 is 0 Å². The zero-order valence-electron chi connectivity index (χ0n) is 11.9. The number of hydrogen-bond donors (Lipinski definition) is 3. The molecule has 0 aliphatic carbocycles. The van der Waals surface area contributed by atoms with Crippen LogP contribution in [0.25, 0.3) is 0 Å². The fourth-order valence-electron chi connectivity index (χ4n) is 1.49. The van der Waals surface area contributed by atoms with E-state index < -0.39 is 10.0 Å². The summed E-state index contributed by atoms with van der Waals surface area (Å²) in [5.41, 5.74) is 6.61. The van der Waals surface area contributed by atoms with E-state index in [9.17, 15) is 8.42 Å². The number of rotatable bonds is 4. The number of benzene rings is 1. The normalized spacial score (nSPS) is 14.2. The molecule has 0 radical (unpaired) electrons. The highest BCUT2D eigenvalue weighted by Gasteiger charge is 2.21. The Bertz CT molecular complexity index is 547. The van der Waals surface area contributed by atoms with Gasteiger partial charge in [-0.3, -0.25) is 0 Å². The summed E-state index contributed by atoms with van der Waals surface area (Å²) >= 11 is 0. The van der Waals surface area contributed by atoms with Crippen LogP contribution in [0.4, 0.5) is 11.4 Å². The molecule has 0 saturated heterocycles. The fourth-order valence-corrected chi connectivity index (χ4v) is 2.24. The zero-order valence-corrected chi connectivity index (χ0v) is 12.7. The van der Waals surface area contributed by atoms with Crippen molar-refractivity contribution in [3.8, 4) is 0 Å². The Labute approximate surface area is 115 Å². The molecule has 6 heteroatoms. The molecule has 1 unspecified atom stereocenters. The Balaban J connectivity index is 2.97. The smallest absolute Gasteiger partial charge is 0.240 e. The summed E-state index contributed by atoms with van der Waals surface area (Å²) in [5, 5.41) is 8.33. The summed E-state index contributed by atoms with van der Waals surface area (Å²) in [6, 6.07) is 4.67. The number of primary sulfonamides is 1. The van der Waals surface area contributed by atoms with Gasteiger partial charge in [-0.25, -0.2) is 13.6 Å². The maximum Gasteiger partial charge on any atom is 0.240 e. The van der Waals surface area contributed by atoms with E-state index >= 15 is 0 Å². The first-order valence-electron chi connectivity index (χ1n) is 6.18. The molecule has 0 bridgehead atoms. The van der Waals surface area contributed by atoms with Gasteiger partial charge in [0.15, 0.2) is 0 Å². The average Bonchev–Trinajstić information content (AvgIpc) is 2.24. The number of hydrogen-bond acceptors (Lipinski definition) is 4. The van der Waals surface area contributed by atoms with E-state index in [0.717, 1.165) is 0 Å². The quantitative estimate of drug-likeness (QED) is 0.737. The highest BCUT2D eigenvalue weighted by Crippen LogP contribution is 2.27. The Morgan fingerprint density at radius 1 is 1.32 bits per heavy atom. The zero-order chi connectivity index (χ0) is 14.8. The lowest BCUT2D eigenvalue weighted by atomic mass is 9.82. The number of nitrogens with two attached hydrogens (primary N) is 2. The Morgan fingerprint density at radius 2 is 1.89 bits per heavy atom. The van der Waals surface area contributed by atoms with Gasteiger partial charge in [0.25, 0.3) is 0 Å². The lowest BCUT2D eigenvalue weighted by Gasteiger charge is -2.28. The van der Waals surface area contributed by atoms with Crippen molar-refractivity contribution < 1.29 is 8.42 Å².